The summed E-state index contributed by atoms with van der Waals surface area (Å²) in [6.45, 7) is 6.13. The topological polar surface area (TPSA) is 39.4 Å². The summed E-state index contributed by atoms with van der Waals surface area (Å²) < 4.78 is 11.0. The van der Waals surface area contributed by atoms with E-state index in [4.69, 9.17) is 9.15 Å². The van der Waals surface area contributed by atoms with Crippen molar-refractivity contribution < 1.29 is 9.15 Å². The van der Waals surface area contributed by atoms with Crippen LogP contribution >= 0.6 is 0 Å². The molecule has 3 heteroatoms. The lowest BCUT2D eigenvalue weighted by Gasteiger charge is -2.07. The minimum atomic E-state index is -0.351. The van der Waals surface area contributed by atoms with Crippen molar-refractivity contribution >= 4 is 11.0 Å². The van der Waals surface area contributed by atoms with Crippen molar-refractivity contribution in [1.29, 1.82) is 0 Å². The van der Waals surface area contributed by atoms with E-state index < -0.39 is 0 Å². The van der Waals surface area contributed by atoms with Gasteiger partial charge >= 0.3 is 5.63 Å². The Hall–Kier alpha value is -2.81. The molecule has 1 heterocycles. The molecule has 0 bridgehead atoms. The van der Waals surface area contributed by atoms with Crippen LogP contribution in [0.25, 0.3) is 22.1 Å². The van der Waals surface area contributed by atoms with E-state index in [1.165, 1.54) is 0 Å². The van der Waals surface area contributed by atoms with Gasteiger partial charge in [-0.2, -0.15) is 0 Å². The Morgan fingerprint density at radius 1 is 1.14 bits per heavy atom. The van der Waals surface area contributed by atoms with E-state index in [0.29, 0.717) is 23.5 Å². The first kappa shape index (κ1) is 14.1. The van der Waals surface area contributed by atoms with Gasteiger partial charge in [-0.1, -0.05) is 36.9 Å². The van der Waals surface area contributed by atoms with Crippen LogP contribution in [0.15, 0.2) is 76.0 Å². The standard InChI is InChI=1S/C19H16O3/c1-13(2)12-21-16-9-8-15-10-17(14-6-4-3-5-7-14)19(20)22-18(15)11-16/h3-11H,1,12H2,2H3. The predicted octanol–water partition coefficient (Wildman–Crippen LogP) is 4.41. The van der Waals surface area contributed by atoms with Gasteiger partial charge in [-0.15, -0.1) is 0 Å². The zero-order valence-corrected chi connectivity index (χ0v) is 12.3. The molecule has 3 aromatic rings. The number of benzene rings is 2. The Labute approximate surface area is 128 Å². The van der Waals surface area contributed by atoms with Crippen LogP contribution in [0.3, 0.4) is 0 Å². The average Bonchev–Trinajstić information content (AvgIpc) is 2.53. The molecule has 0 aliphatic carbocycles. The number of hydrogen-bond acceptors (Lipinski definition) is 3. The molecule has 0 amide bonds. The SMILES string of the molecule is C=C(C)COc1ccc2cc(-c3ccccc3)c(=O)oc2c1. The van der Waals surface area contributed by atoms with Crippen LogP contribution in [0.1, 0.15) is 6.92 Å². The van der Waals surface area contributed by atoms with Crippen LogP contribution in [0, 0.1) is 0 Å². The normalized spacial score (nSPS) is 10.6. The van der Waals surface area contributed by atoms with Gasteiger partial charge in [-0.3, -0.25) is 0 Å². The highest BCUT2D eigenvalue weighted by Gasteiger charge is 2.08. The van der Waals surface area contributed by atoms with E-state index >= 15 is 0 Å². The van der Waals surface area contributed by atoms with Crippen molar-refractivity contribution in [3.63, 3.8) is 0 Å². The molecule has 0 spiro atoms. The lowest BCUT2D eigenvalue weighted by molar-refractivity contribution is 0.352. The Kier molecular flexibility index (Phi) is 3.79. The molecule has 3 rings (SSSR count). The summed E-state index contributed by atoms with van der Waals surface area (Å²) >= 11 is 0. The van der Waals surface area contributed by atoms with Gasteiger partial charge in [0.1, 0.15) is 17.9 Å². The molecule has 3 nitrogen and oxygen atoms in total. The molecule has 1 aromatic heterocycles. The molecule has 0 atom stereocenters. The highest BCUT2D eigenvalue weighted by Crippen LogP contribution is 2.24. The fraction of sp³-hybridized carbons (Fsp3) is 0.105. The molecular formula is C19H16O3. The number of ether oxygens (including phenoxy) is 1. The maximum Gasteiger partial charge on any atom is 0.344 e. The van der Waals surface area contributed by atoms with Gasteiger partial charge < -0.3 is 9.15 Å². The first-order chi connectivity index (χ1) is 10.6. The second-order valence-electron chi connectivity index (χ2n) is 5.26. The summed E-state index contributed by atoms with van der Waals surface area (Å²) in [5.74, 6) is 0.658. The zero-order chi connectivity index (χ0) is 15.5. The first-order valence-corrected chi connectivity index (χ1v) is 7.04. The Morgan fingerprint density at radius 3 is 2.64 bits per heavy atom. The summed E-state index contributed by atoms with van der Waals surface area (Å²) in [6, 6.07) is 16.8. The summed E-state index contributed by atoms with van der Waals surface area (Å²) in [4.78, 5) is 12.2. The van der Waals surface area contributed by atoms with Gasteiger partial charge in [0, 0.05) is 11.5 Å². The third-order valence-corrected chi connectivity index (χ3v) is 3.28. The molecular weight excluding hydrogens is 276 g/mol. The molecule has 110 valence electrons. The van der Waals surface area contributed by atoms with E-state index in [0.717, 1.165) is 16.5 Å². The smallest absolute Gasteiger partial charge is 0.344 e. The summed E-state index contributed by atoms with van der Waals surface area (Å²) in [6.07, 6.45) is 0. The fourth-order valence-electron chi connectivity index (χ4n) is 2.21. The van der Waals surface area contributed by atoms with Gasteiger partial charge in [0.15, 0.2) is 0 Å². The maximum atomic E-state index is 12.2. The predicted molar refractivity (Wildman–Crippen MR) is 88.2 cm³/mol. The second-order valence-corrected chi connectivity index (χ2v) is 5.26. The fourth-order valence-corrected chi connectivity index (χ4v) is 2.21. The molecule has 2 aromatic carbocycles. The van der Waals surface area contributed by atoms with E-state index in [-0.39, 0.29) is 5.63 Å². The molecule has 0 saturated heterocycles. The highest BCUT2D eigenvalue weighted by molar-refractivity contribution is 5.82. The second kappa shape index (κ2) is 5.90. The van der Waals surface area contributed by atoms with Crippen LogP contribution in [0.5, 0.6) is 5.75 Å². The van der Waals surface area contributed by atoms with Gasteiger partial charge in [0.05, 0.1) is 5.56 Å². The van der Waals surface area contributed by atoms with E-state index in [9.17, 15) is 4.79 Å². The lowest BCUT2D eigenvalue weighted by atomic mass is 10.1. The van der Waals surface area contributed by atoms with Crippen LogP contribution < -0.4 is 10.4 Å². The van der Waals surface area contributed by atoms with Gasteiger partial charge in [-0.25, -0.2) is 4.79 Å². The van der Waals surface area contributed by atoms with E-state index in [1.807, 2.05) is 55.5 Å². The third kappa shape index (κ3) is 2.93. The molecule has 0 N–H and O–H groups in total. The minimum Gasteiger partial charge on any atom is -0.489 e. The largest absolute Gasteiger partial charge is 0.489 e. The van der Waals surface area contributed by atoms with Crippen molar-refractivity contribution in [2.75, 3.05) is 6.61 Å². The summed E-state index contributed by atoms with van der Waals surface area (Å²) in [5, 5.41) is 0.862. The molecule has 0 saturated carbocycles. The lowest BCUT2D eigenvalue weighted by Crippen LogP contribution is -2.03. The van der Waals surface area contributed by atoms with Crippen molar-refractivity contribution in [2.45, 2.75) is 6.92 Å². The van der Waals surface area contributed by atoms with Crippen LogP contribution in [-0.4, -0.2) is 6.61 Å². The zero-order valence-electron chi connectivity index (χ0n) is 12.3. The Balaban J connectivity index is 2.03. The molecule has 0 aliphatic heterocycles. The van der Waals surface area contributed by atoms with Crippen LogP contribution in [0.4, 0.5) is 0 Å². The maximum absolute atomic E-state index is 12.2. The van der Waals surface area contributed by atoms with Crippen molar-refractivity contribution in [3.8, 4) is 16.9 Å². The summed E-state index contributed by atoms with van der Waals surface area (Å²) in [7, 11) is 0. The minimum absolute atomic E-state index is 0.351. The van der Waals surface area contributed by atoms with Crippen molar-refractivity contribution in [3.05, 3.63) is 77.2 Å². The highest BCUT2D eigenvalue weighted by atomic mass is 16.5. The van der Waals surface area contributed by atoms with Gasteiger partial charge in [-0.05, 0) is 36.3 Å². The van der Waals surface area contributed by atoms with Crippen LogP contribution in [0.2, 0.25) is 0 Å². The van der Waals surface area contributed by atoms with Crippen molar-refractivity contribution in [2.24, 2.45) is 0 Å². The molecule has 0 aliphatic rings. The number of hydrogen-bond donors (Lipinski definition) is 0. The van der Waals surface area contributed by atoms with E-state index in [2.05, 4.69) is 6.58 Å². The van der Waals surface area contributed by atoms with Gasteiger partial charge in [0.2, 0.25) is 0 Å². The molecule has 0 unspecified atom stereocenters. The molecule has 0 fully saturated rings. The third-order valence-electron chi connectivity index (χ3n) is 3.28. The van der Waals surface area contributed by atoms with Crippen LogP contribution in [-0.2, 0) is 0 Å². The van der Waals surface area contributed by atoms with Crippen molar-refractivity contribution in [1.82, 2.24) is 0 Å². The average molecular weight is 292 g/mol. The number of rotatable bonds is 4. The molecule has 0 radical (unpaired) electrons. The quantitative estimate of drug-likeness (QED) is 0.528. The first-order valence-electron chi connectivity index (χ1n) is 7.04. The van der Waals surface area contributed by atoms with E-state index in [1.54, 1.807) is 6.07 Å². The molecule has 22 heavy (non-hydrogen) atoms. The summed E-state index contributed by atoms with van der Waals surface area (Å²) in [5.41, 5.74) is 2.50. The Morgan fingerprint density at radius 2 is 1.91 bits per heavy atom. The Bertz CT molecular complexity index is 876. The van der Waals surface area contributed by atoms with Gasteiger partial charge in [0.25, 0.3) is 0 Å². The number of fused-ring (bicyclic) bond motifs is 1. The monoisotopic (exact) mass is 292 g/mol.